The summed E-state index contributed by atoms with van der Waals surface area (Å²) in [7, 11) is 0. The van der Waals surface area contributed by atoms with E-state index in [2.05, 4.69) is 4.99 Å². The molecule has 1 N–H and O–H groups in total. The second-order valence-corrected chi connectivity index (χ2v) is 3.75. The predicted octanol–water partition coefficient (Wildman–Crippen LogP) is 1.50. The third-order valence-electron chi connectivity index (χ3n) is 2.38. The molecular formula is C12H13NO3. The predicted molar refractivity (Wildman–Crippen MR) is 59.6 cm³/mol. The number of aliphatic imine (C=N–C) groups is 1. The van der Waals surface area contributed by atoms with Crippen molar-refractivity contribution in [1.82, 2.24) is 0 Å². The second kappa shape index (κ2) is 4.79. The molecule has 1 aromatic carbocycles. The van der Waals surface area contributed by atoms with E-state index in [0.717, 1.165) is 5.56 Å². The van der Waals surface area contributed by atoms with Gasteiger partial charge >= 0.3 is 5.97 Å². The average molecular weight is 219 g/mol. The number of benzene rings is 1. The van der Waals surface area contributed by atoms with Crippen LogP contribution in [0, 0.1) is 0 Å². The highest BCUT2D eigenvalue weighted by molar-refractivity contribution is 5.81. The molecule has 16 heavy (non-hydrogen) atoms. The van der Waals surface area contributed by atoms with Crippen molar-refractivity contribution in [3.63, 3.8) is 0 Å². The van der Waals surface area contributed by atoms with Crippen molar-refractivity contribution in [2.24, 2.45) is 4.99 Å². The largest absolute Gasteiger partial charge is 0.481 e. The lowest BCUT2D eigenvalue weighted by Crippen LogP contribution is -2.12. The maximum atomic E-state index is 10.5. The molecule has 0 spiro atoms. The topological polar surface area (TPSA) is 58.9 Å². The molecule has 0 aromatic heterocycles. The molecule has 1 aliphatic heterocycles. The molecule has 0 radical (unpaired) electrons. The SMILES string of the molecule is O=C(O)CC1COC(Cc2ccccc2)=N1. The van der Waals surface area contributed by atoms with Gasteiger partial charge in [0, 0.05) is 6.42 Å². The van der Waals surface area contributed by atoms with Gasteiger partial charge in [0.25, 0.3) is 0 Å². The van der Waals surface area contributed by atoms with Crippen LogP contribution in [0.4, 0.5) is 0 Å². The van der Waals surface area contributed by atoms with E-state index in [1.54, 1.807) is 0 Å². The van der Waals surface area contributed by atoms with Gasteiger partial charge in [0.2, 0.25) is 0 Å². The first-order valence-corrected chi connectivity index (χ1v) is 5.19. The number of ether oxygens (including phenoxy) is 1. The van der Waals surface area contributed by atoms with Gasteiger partial charge in [-0.3, -0.25) is 4.79 Å². The summed E-state index contributed by atoms with van der Waals surface area (Å²) in [6.07, 6.45) is 0.676. The van der Waals surface area contributed by atoms with E-state index >= 15 is 0 Å². The van der Waals surface area contributed by atoms with Crippen LogP contribution in [-0.4, -0.2) is 29.6 Å². The van der Waals surface area contributed by atoms with Gasteiger partial charge in [-0.2, -0.15) is 0 Å². The Hall–Kier alpha value is -1.84. The molecule has 1 unspecified atom stereocenters. The molecular weight excluding hydrogens is 206 g/mol. The summed E-state index contributed by atoms with van der Waals surface area (Å²) in [5, 5.41) is 8.63. The van der Waals surface area contributed by atoms with Gasteiger partial charge in [-0.25, -0.2) is 4.99 Å². The zero-order valence-electron chi connectivity index (χ0n) is 8.80. The number of carboxylic acid groups (broad SMARTS) is 1. The van der Waals surface area contributed by atoms with Crippen molar-refractivity contribution in [3.8, 4) is 0 Å². The van der Waals surface area contributed by atoms with Crippen LogP contribution in [-0.2, 0) is 16.0 Å². The monoisotopic (exact) mass is 219 g/mol. The molecule has 4 nitrogen and oxygen atoms in total. The number of aliphatic carboxylic acids is 1. The van der Waals surface area contributed by atoms with Crippen molar-refractivity contribution in [3.05, 3.63) is 35.9 Å². The van der Waals surface area contributed by atoms with Crippen molar-refractivity contribution < 1.29 is 14.6 Å². The third kappa shape index (κ3) is 2.82. The molecule has 0 aliphatic carbocycles. The molecule has 0 fully saturated rings. The molecule has 4 heteroatoms. The normalized spacial score (nSPS) is 19.0. The van der Waals surface area contributed by atoms with Gasteiger partial charge in [0.05, 0.1) is 12.5 Å². The fourth-order valence-corrected chi connectivity index (χ4v) is 1.64. The van der Waals surface area contributed by atoms with Crippen LogP contribution in [0.3, 0.4) is 0 Å². The Morgan fingerprint density at radius 2 is 2.19 bits per heavy atom. The van der Waals surface area contributed by atoms with Crippen molar-refractivity contribution >= 4 is 11.9 Å². The summed E-state index contributed by atoms with van der Waals surface area (Å²) in [5.74, 6) is -0.198. The van der Waals surface area contributed by atoms with Crippen LogP contribution < -0.4 is 0 Å². The Kier molecular flexibility index (Phi) is 3.19. The molecule has 0 bridgehead atoms. The van der Waals surface area contributed by atoms with Crippen molar-refractivity contribution in [2.45, 2.75) is 18.9 Å². The Labute approximate surface area is 93.6 Å². The molecule has 1 aliphatic rings. The average Bonchev–Trinajstić information content (AvgIpc) is 2.66. The smallest absolute Gasteiger partial charge is 0.305 e. The van der Waals surface area contributed by atoms with E-state index in [9.17, 15) is 4.79 Å². The van der Waals surface area contributed by atoms with Gasteiger partial charge in [0.1, 0.15) is 6.61 Å². The number of nitrogens with zero attached hydrogens (tertiary/aromatic N) is 1. The summed E-state index contributed by atoms with van der Waals surface area (Å²) in [4.78, 5) is 14.7. The highest BCUT2D eigenvalue weighted by Crippen LogP contribution is 2.12. The molecule has 1 heterocycles. The number of rotatable bonds is 4. The van der Waals surface area contributed by atoms with Crippen LogP contribution in [0.1, 0.15) is 12.0 Å². The third-order valence-corrected chi connectivity index (χ3v) is 2.38. The van der Waals surface area contributed by atoms with Crippen molar-refractivity contribution in [1.29, 1.82) is 0 Å². The number of carboxylic acids is 1. The van der Waals surface area contributed by atoms with Crippen LogP contribution >= 0.6 is 0 Å². The second-order valence-electron chi connectivity index (χ2n) is 3.75. The molecule has 0 amide bonds. The van der Waals surface area contributed by atoms with Gasteiger partial charge < -0.3 is 9.84 Å². The quantitative estimate of drug-likeness (QED) is 0.834. The number of carbonyl (C=O) groups is 1. The Bertz CT molecular complexity index is 400. The summed E-state index contributed by atoms with van der Waals surface area (Å²) < 4.78 is 5.36. The van der Waals surface area contributed by atoms with E-state index in [0.29, 0.717) is 18.9 Å². The molecule has 84 valence electrons. The lowest BCUT2D eigenvalue weighted by atomic mass is 10.1. The summed E-state index contributed by atoms with van der Waals surface area (Å²) in [6.45, 7) is 0.383. The van der Waals surface area contributed by atoms with E-state index in [1.807, 2.05) is 30.3 Å². The highest BCUT2D eigenvalue weighted by atomic mass is 16.5. The Balaban J connectivity index is 1.95. The molecule has 1 atom stereocenters. The molecule has 2 rings (SSSR count). The fourth-order valence-electron chi connectivity index (χ4n) is 1.64. The van der Waals surface area contributed by atoms with Crippen LogP contribution in [0.15, 0.2) is 35.3 Å². The van der Waals surface area contributed by atoms with E-state index in [1.165, 1.54) is 0 Å². The first-order chi connectivity index (χ1) is 7.74. The molecule has 0 saturated heterocycles. The minimum absolute atomic E-state index is 0.0400. The van der Waals surface area contributed by atoms with E-state index in [4.69, 9.17) is 9.84 Å². The van der Waals surface area contributed by atoms with Crippen LogP contribution in [0.2, 0.25) is 0 Å². The highest BCUT2D eigenvalue weighted by Gasteiger charge is 2.21. The van der Waals surface area contributed by atoms with E-state index < -0.39 is 5.97 Å². The molecule has 1 aromatic rings. The standard InChI is InChI=1S/C12H13NO3/c14-12(15)7-10-8-16-11(13-10)6-9-4-2-1-3-5-9/h1-5,10H,6-8H2,(H,14,15). The molecule has 0 saturated carbocycles. The zero-order valence-corrected chi connectivity index (χ0v) is 8.80. The van der Waals surface area contributed by atoms with Gasteiger partial charge in [-0.15, -0.1) is 0 Å². The summed E-state index contributed by atoms with van der Waals surface area (Å²) in [5.41, 5.74) is 1.12. The van der Waals surface area contributed by atoms with Gasteiger partial charge in [0.15, 0.2) is 5.90 Å². The summed E-state index contributed by atoms with van der Waals surface area (Å²) in [6, 6.07) is 9.64. The first-order valence-electron chi connectivity index (χ1n) is 5.19. The minimum atomic E-state index is -0.835. The van der Waals surface area contributed by atoms with Crippen molar-refractivity contribution in [2.75, 3.05) is 6.61 Å². The maximum Gasteiger partial charge on any atom is 0.305 e. The lowest BCUT2D eigenvalue weighted by molar-refractivity contribution is -0.137. The number of hydrogen-bond acceptors (Lipinski definition) is 3. The lowest BCUT2D eigenvalue weighted by Gasteiger charge is -2.00. The van der Waals surface area contributed by atoms with Crippen LogP contribution in [0.5, 0.6) is 0 Å². The fraction of sp³-hybridized carbons (Fsp3) is 0.333. The summed E-state index contributed by atoms with van der Waals surface area (Å²) >= 11 is 0. The first kappa shape index (κ1) is 10.7. The number of hydrogen-bond donors (Lipinski definition) is 1. The Morgan fingerprint density at radius 1 is 1.44 bits per heavy atom. The zero-order chi connectivity index (χ0) is 11.4. The maximum absolute atomic E-state index is 10.5. The van der Waals surface area contributed by atoms with Gasteiger partial charge in [-0.05, 0) is 5.56 Å². The Morgan fingerprint density at radius 3 is 2.88 bits per heavy atom. The minimum Gasteiger partial charge on any atom is -0.481 e. The van der Waals surface area contributed by atoms with Crippen LogP contribution in [0.25, 0.3) is 0 Å². The van der Waals surface area contributed by atoms with E-state index in [-0.39, 0.29) is 12.5 Å². The van der Waals surface area contributed by atoms with Gasteiger partial charge in [-0.1, -0.05) is 30.3 Å².